The topological polar surface area (TPSA) is 98.7 Å². The Bertz CT molecular complexity index is 771. The molecule has 7 nitrogen and oxygen atoms in total. The molecule has 1 saturated heterocycles. The zero-order chi connectivity index (χ0) is 18.6. The van der Waals surface area contributed by atoms with E-state index in [1.165, 1.54) is 4.31 Å². The molecule has 8 heteroatoms. The summed E-state index contributed by atoms with van der Waals surface area (Å²) in [4.78, 5) is 12.2. The maximum atomic E-state index is 12.9. The van der Waals surface area contributed by atoms with Crippen LogP contribution in [0.5, 0.6) is 0 Å². The van der Waals surface area contributed by atoms with Gasteiger partial charge in [0.1, 0.15) is 0 Å². The van der Waals surface area contributed by atoms with Crippen LogP contribution >= 0.6 is 0 Å². The molecule has 142 valence electrons. The molecule has 1 aromatic rings. The first kappa shape index (κ1) is 19.0. The lowest BCUT2D eigenvalue weighted by atomic mass is 9.80. The Morgan fingerprint density at radius 3 is 2.50 bits per heavy atom. The van der Waals surface area contributed by atoms with Crippen LogP contribution in [-0.2, 0) is 14.8 Å². The van der Waals surface area contributed by atoms with Crippen molar-refractivity contribution in [2.75, 3.05) is 31.9 Å². The molecule has 0 atom stereocenters. The minimum absolute atomic E-state index is 0.275. The molecule has 1 amide bonds. The summed E-state index contributed by atoms with van der Waals surface area (Å²) in [6.45, 7) is 1.82. The highest BCUT2D eigenvalue weighted by Crippen LogP contribution is 2.33. The van der Waals surface area contributed by atoms with Gasteiger partial charge in [-0.3, -0.25) is 10.0 Å². The van der Waals surface area contributed by atoms with E-state index in [-0.39, 0.29) is 5.75 Å². The molecule has 2 heterocycles. The third-order valence-electron chi connectivity index (χ3n) is 5.31. The molecule has 0 bridgehead atoms. The van der Waals surface area contributed by atoms with E-state index in [0.717, 1.165) is 11.1 Å². The van der Waals surface area contributed by atoms with Crippen molar-refractivity contribution in [1.82, 2.24) is 15.1 Å². The summed E-state index contributed by atoms with van der Waals surface area (Å²) in [5, 5.41) is 12.2. The summed E-state index contributed by atoms with van der Waals surface area (Å²) in [7, 11) is -3.61. The van der Waals surface area contributed by atoms with Gasteiger partial charge in [-0.1, -0.05) is 36.4 Å². The van der Waals surface area contributed by atoms with Crippen LogP contribution < -0.4 is 10.8 Å². The highest BCUT2D eigenvalue weighted by atomic mass is 32.2. The van der Waals surface area contributed by atoms with Gasteiger partial charge < -0.3 is 5.32 Å². The van der Waals surface area contributed by atoms with Gasteiger partial charge in [0.25, 0.3) is 5.91 Å². The number of hydrogen-bond acceptors (Lipinski definition) is 5. The first-order chi connectivity index (χ1) is 12.5. The van der Waals surface area contributed by atoms with E-state index in [9.17, 15) is 13.2 Å². The quantitative estimate of drug-likeness (QED) is 0.523. The number of carbonyl (C=O) groups is 1. The van der Waals surface area contributed by atoms with Crippen LogP contribution in [0.15, 0.2) is 36.4 Å². The van der Waals surface area contributed by atoms with Gasteiger partial charge in [0.15, 0.2) is 0 Å². The van der Waals surface area contributed by atoms with E-state index in [1.807, 2.05) is 36.4 Å². The van der Waals surface area contributed by atoms with Crippen molar-refractivity contribution in [1.29, 1.82) is 0 Å². The van der Waals surface area contributed by atoms with Gasteiger partial charge >= 0.3 is 0 Å². The molecular weight excluding hydrogens is 354 g/mol. The normalized spacial score (nSPS) is 21.0. The Balaban J connectivity index is 1.74. The molecule has 0 spiro atoms. The molecule has 26 heavy (non-hydrogen) atoms. The lowest BCUT2D eigenvalue weighted by molar-refractivity contribution is -0.140. The number of hydroxylamine groups is 1. The highest BCUT2D eigenvalue weighted by molar-refractivity contribution is 7.89. The Kier molecular flexibility index (Phi) is 5.76. The maximum absolute atomic E-state index is 12.9. The smallest absolute Gasteiger partial charge is 0.250 e. The fraction of sp³-hybridized carbons (Fsp3) is 0.500. The van der Waals surface area contributed by atoms with Gasteiger partial charge in [0.05, 0.1) is 11.2 Å². The number of sulfonamides is 1. The van der Waals surface area contributed by atoms with Gasteiger partial charge in [-0.25, -0.2) is 13.9 Å². The molecule has 3 N–H and O–H groups in total. The molecule has 0 aliphatic carbocycles. The van der Waals surface area contributed by atoms with Crippen molar-refractivity contribution in [2.24, 2.45) is 5.41 Å². The number of benzene rings is 1. The fourth-order valence-electron chi connectivity index (χ4n) is 3.72. The van der Waals surface area contributed by atoms with Gasteiger partial charge in [-0.05, 0) is 43.5 Å². The minimum atomic E-state index is -3.61. The summed E-state index contributed by atoms with van der Waals surface area (Å²) < 4.78 is 27.3. The standard InChI is InChI=1S/C18H25N3O4S/c22-17(20-23)18(8-10-19-11-9-18)14-26(24,25)21-12-6-16(7-13-21)15-4-2-1-3-5-15/h1-6,19,23H,7-14H2,(H,20,22). The molecule has 2 aliphatic heterocycles. The summed E-state index contributed by atoms with van der Waals surface area (Å²) >= 11 is 0. The summed E-state index contributed by atoms with van der Waals surface area (Å²) in [6.07, 6.45) is 3.36. The summed E-state index contributed by atoms with van der Waals surface area (Å²) in [5.74, 6) is -0.886. The number of rotatable bonds is 5. The summed E-state index contributed by atoms with van der Waals surface area (Å²) in [6, 6.07) is 9.92. The Morgan fingerprint density at radius 2 is 1.92 bits per heavy atom. The molecule has 2 aliphatic rings. The molecule has 1 fully saturated rings. The number of nitrogens with one attached hydrogen (secondary N) is 2. The van der Waals surface area contributed by atoms with Crippen molar-refractivity contribution < 1.29 is 18.4 Å². The first-order valence-electron chi connectivity index (χ1n) is 8.84. The number of piperidine rings is 1. The molecule has 0 aromatic heterocycles. The second-order valence-electron chi connectivity index (χ2n) is 6.93. The first-order valence-corrected chi connectivity index (χ1v) is 10.5. The Morgan fingerprint density at radius 1 is 1.23 bits per heavy atom. The highest BCUT2D eigenvalue weighted by Gasteiger charge is 2.45. The molecular formula is C18H25N3O4S. The molecule has 0 saturated carbocycles. The average Bonchev–Trinajstić information content (AvgIpc) is 2.68. The van der Waals surface area contributed by atoms with E-state index < -0.39 is 21.3 Å². The number of nitrogens with zero attached hydrogens (tertiary/aromatic N) is 1. The third kappa shape index (κ3) is 3.98. The lowest BCUT2D eigenvalue weighted by Gasteiger charge is -2.37. The van der Waals surface area contributed by atoms with Crippen molar-refractivity contribution in [3.05, 3.63) is 42.0 Å². The van der Waals surface area contributed by atoms with E-state index in [0.29, 0.717) is 45.4 Å². The van der Waals surface area contributed by atoms with E-state index in [4.69, 9.17) is 5.21 Å². The molecule has 0 radical (unpaired) electrons. The number of amides is 1. The second-order valence-corrected chi connectivity index (χ2v) is 8.90. The van der Waals surface area contributed by atoms with Crippen LogP contribution in [0.3, 0.4) is 0 Å². The van der Waals surface area contributed by atoms with E-state index >= 15 is 0 Å². The van der Waals surface area contributed by atoms with Crippen molar-refractivity contribution in [2.45, 2.75) is 19.3 Å². The largest absolute Gasteiger partial charge is 0.317 e. The van der Waals surface area contributed by atoms with Gasteiger partial charge in [0, 0.05) is 13.1 Å². The average molecular weight is 379 g/mol. The zero-order valence-electron chi connectivity index (χ0n) is 14.6. The monoisotopic (exact) mass is 379 g/mol. The predicted octanol–water partition coefficient (Wildman–Crippen LogP) is 0.981. The van der Waals surface area contributed by atoms with Crippen LogP contribution in [0.4, 0.5) is 0 Å². The fourth-order valence-corrected chi connectivity index (χ4v) is 5.69. The van der Waals surface area contributed by atoms with Crippen molar-refractivity contribution in [3.63, 3.8) is 0 Å². The van der Waals surface area contributed by atoms with Gasteiger partial charge in [0.2, 0.25) is 10.0 Å². The van der Waals surface area contributed by atoms with Crippen LogP contribution in [0.1, 0.15) is 24.8 Å². The summed E-state index contributed by atoms with van der Waals surface area (Å²) in [5.41, 5.74) is 2.84. The second kappa shape index (κ2) is 7.87. The lowest BCUT2D eigenvalue weighted by Crippen LogP contribution is -2.52. The van der Waals surface area contributed by atoms with Crippen molar-refractivity contribution in [3.8, 4) is 0 Å². The third-order valence-corrected chi connectivity index (χ3v) is 7.35. The van der Waals surface area contributed by atoms with Crippen LogP contribution in [0.25, 0.3) is 5.57 Å². The Labute approximate surface area is 154 Å². The molecule has 1 aromatic carbocycles. The zero-order valence-corrected chi connectivity index (χ0v) is 15.5. The Hall–Kier alpha value is -1.74. The SMILES string of the molecule is O=C(NO)C1(CS(=O)(=O)N2CC=C(c3ccccc3)CC2)CCNCC1. The predicted molar refractivity (Wildman–Crippen MR) is 98.9 cm³/mol. The minimum Gasteiger partial charge on any atom is -0.317 e. The van der Waals surface area contributed by atoms with Gasteiger partial charge in [-0.15, -0.1) is 0 Å². The van der Waals surface area contributed by atoms with E-state index in [2.05, 4.69) is 5.32 Å². The van der Waals surface area contributed by atoms with Crippen LogP contribution in [0.2, 0.25) is 0 Å². The molecule has 3 rings (SSSR count). The van der Waals surface area contributed by atoms with Gasteiger partial charge in [-0.2, -0.15) is 4.31 Å². The van der Waals surface area contributed by atoms with Crippen LogP contribution in [-0.4, -0.2) is 55.8 Å². The van der Waals surface area contributed by atoms with E-state index in [1.54, 1.807) is 5.48 Å². The van der Waals surface area contributed by atoms with Crippen molar-refractivity contribution >= 4 is 21.5 Å². The number of carbonyl (C=O) groups excluding carboxylic acids is 1. The molecule has 0 unspecified atom stereocenters. The maximum Gasteiger partial charge on any atom is 0.250 e. The van der Waals surface area contributed by atoms with Crippen LogP contribution in [0, 0.1) is 5.41 Å². The number of hydrogen-bond donors (Lipinski definition) is 3.